The predicted octanol–water partition coefficient (Wildman–Crippen LogP) is 0.435. The highest BCUT2D eigenvalue weighted by Gasteiger charge is 2.38. The molecule has 0 bridgehead atoms. The van der Waals surface area contributed by atoms with E-state index in [1.54, 1.807) is 13.8 Å². The maximum absolute atomic E-state index is 11.8. The third kappa shape index (κ3) is 2.92. The molecule has 1 amide bonds. The summed E-state index contributed by atoms with van der Waals surface area (Å²) >= 11 is 0. The number of nitrogens with two attached hydrogens (primary N) is 1. The van der Waals surface area contributed by atoms with E-state index in [9.17, 15) is 9.59 Å². The van der Waals surface area contributed by atoms with Crippen molar-refractivity contribution in [3.63, 3.8) is 0 Å². The topological polar surface area (TPSA) is 83.6 Å². The SMILES string of the molecule is CCC(N)C(=O)N(CC)C(C)(C)C(=O)O. The molecule has 0 fully saturated rings. The summed E-state index contributed by atoms with van der Waals surface area (Å²) in [6.45, 7) is 6.87. The Bertz CT molecular complexity index is 251. The van der Waals surface area contributed by atoms with Gasteiger partial charge < -0.3 is 15.7 Å². The number of likely N-dealkylation sites (N-methyl/N-ethyl adjacent to an activating group) is 1. The van der Waals surface area contributed by atoms with Gasteiger partial charge in [0.05, 0.1) is 6.04 Å². The van der Waals surface area contributed by atoms with Gasteiger partial charge in [-0.1, -0.05) is 6.92 Å². The van der Waals surface area contributed by atoms with Crippen LogP contribution in [0.1, 0.15) is 34.1 Å². The first-order valence-electron chi connectivity index (χ1n) is 5.09. The molecule has 0 heterocycles. The van der Waals surface area contributed by atoms with Gasteiger partial charge in [-0.3, -0.25) is 4.79 Å². The van der Waals surface area contributed by atoms with Gasteiger partial charge in [0.15, 0.2) is 0 Å². The Morgan fingerprint density at radius 2 is 1.87 bits per heavy atom. The number of carboxylic acid groups (broad SMARTS) is 1. The van der Waals surface area contributed by atoms with Crippen LogP contribution in [-0.2, 0) is 9.59 Å². The van der Waals surface area contributed by atoms with Crippen molar-refractivity contribution < 1.29 is 14.7 Å². The van der Waals surface area contributed by atoms with E-state index in [0.717, 1.165) is 0 Å². The van der Waals surface area contributed by atoms with E-state index in [-0.39, 0.29) is 5.91 Å². The van der Waals surface area contributed by atoms with E-state index in [1.165, 1.54) is 18.7 Å². The number of rotatable bonds is 5. The molecular formula is C10H20N2O3. The first-order chi connectivity index (χ1) is 6.78. The van der Waals surface area contributed by atoms with Crippen molar-refractivity contribution in [2.45, 2.75) is 45.7 Å². The Hall–Kier alpha value is -1.10. The molecular weight excluding hydrogens is 196 g/mol. The molecule has 88 valence electrons. The molecule has 15 heavy (non-hydrogen) atoms. The maximum Gasteiger partial charge on any atom is 0.329 e. The van der Waals surface area contributed by atoms with Crippen molar-refractivity contribution in [1.29, 1.82) is 0 Å². The molecule has 0 aliphatic rings. The zero-order valence-corrected chi connectivity index (χ0v) is 9.78. The molecule has 0 rings (SSSR count). The van der Waals surface area contributed by atoms with Crippen LogP contribution < -0.4 is 5.73 Å². The van der Waals surface area contributed by atoms with Crippen LogP contribution >= 0.6 is 0 Å². The number of amides is 1. The Morgan fingerprint density at radius 1 is 1.40 bits per heavy atom. The lowest BCUT2D eigenvalue weighted by Crippen LogP contribution is -2.57. The average Bonchev–Trinajstić information content (AvgIpc) is 2.16. The number of hydrogen-bond acceptors (Lipinski definition) is 3. The van der Waals surface area contributed by atoms with Crippen molar-refractivity contribution in [1.82, 2.24) is 4.90 Å². The Balaban J connectivity index is 4.91. The Labute approximate surface area is 90.2 Å². The van der Waals surface area contributed by atoms with Gasteiger partial charge in [-0.15, -0.1) is 0 Å². The smallest absolute Gasteiger partial charge is 0.329 e. The third-order valence-electron chi connectivity index (χ3n) is 2.54. The quantitative estimate of drug-likeness (QED) is 0.698. The molecule has 1 atom stereocenters. The number of nitrogens with zero attached hydrogens (tertiary/aromatic N) is 1. The second kappa shape index (κ2) is 5.11. The van der Waals surface area contributed by atoms with E-state index in [4.69, 9.17) is 10.8 Å². The highest BCUT2D eigenvalue weighted by atomic mass is 16.4. The minimum absolute atomic E-state index is 0.313. The lowest BCUT2D eigenvalue weighted by molar-refractivity contribution is -0.157. The van der Waals surface area contributed by atoms with Crippen molar-refractivity contribution >= 4 is 11.9 Å². The molecule has 0 aliphatic heterocycles. The van der Waals surface area contributed by atoms with Gasteiger partial charge in [0.2, 0.25) is 5.91 Å². The van der Waals surface area contributed by atoms with Gasteiger partial charge in [-0.25, -0.2) is 4.79 Å². The second-order valence-electron chi connectivity index (χ2n) is 3.96. The molecule has 1 unspecified atom stereocenters. The molecule has 0 aromatic rings. The monoisotopic (exact) mass is 216 g/mol. The summed E-state index contributed by atoms with van der Waals surface area (Å²) in [6.07, 6.45) is 0.505. The first-order valence-corrected chi connectivity index (χ1v) is 5.09. The molecule has 0 aromatic heterocycles. The van der Waals surface area contributed by atoms with Gasteiger partial charge in [0, 0.05) is 6.54 Å². The summed E-state index contributed by atoms with van der Waals surface area (Å²) in [5, 5.41) is 9.01. The van der Waals surface area contributed by atoms with E-state index < -0.39 is 17.6 Å². The number of carboxylic acids is 1. The van der Waals surface area contributed by atoms with Gasteiger partial charge in [0.1, 0.15) is 5.54 Å². The fourth-order valence-electron chi connectivity index (χ4n) is 1.32. The summed E-state index contributed by atoms with van der Waals surface area (Å²) in [7, 11) is 0. The highest BCUT2D eigenvalue weighted by molar-refractivity contribution is 5.88. The van der Waals surface area contributed by atoms with Crippen LogP contribution in [0.15, 0.2) is 0 Å². The summed E-state index contributed by atoms with van der Waals surface area (Å²) in [4.78, 5) is 24.1. The number of carbonyl (C=O) groups is 2. The van der Waals surface area contributed by atoms with Crippen LogP contribution in [-0.4, -0.2) is 40.0 Å². The van der Waals surface area contributed by atoms with E-state index in [1.807, 2.05) is 0 Å². The van der Waals surface area contributed by atoms with Crippen molar-refractivity contribution in [2.24, 2.45) is 5.73 Å². The third-order valence-corrected chi connectivity index (χ3v) is 2.54. The van der Waals surface area contributed by atoms with E-state index in [0.29, 0.717) is 13.0 Å². The van der Waals surface area contributed by atoms with Gasteiger partial charge in [-0.2, -0.15) is 0 Å². The molecule has 3 N–H and O–H groups in total. The summed E-state index contributed by atoms with van der Waals surface area (Å²) in [5.74, 6) is -1.34. The molecule has 0 saturated heterocycles. The number of aliphatic carboxylic acids is 1. The normalized spacial score (nSPS) is 13.4. The summed E-state index contributed by atoms with van der Waals surface area (Å²) in [6, 6.07) is -0.622. The van der Waals surface area contributed by atoms with Crippen LogP contribution in [0.25, 0.3) is 0 Å². The van der Waals surface area contributed by atoms with E-state index >= 15 is 0 Å². The standard InChI is InChI=1S/C10H20N2O3/c1-5-7(11)8(13)12(6-2)10(3,4)9(14)15/h7H,5-6,11H2,1-4H3,(H,14,15). The lowest BCUT2D eigenvalue weighted by Gasteiger charge is -2.35. The molecule has 5 nitrogen and oxygen atoms in total. The lowest BCUT2D eigenvalue weighted by atomic mass is 10.0. The Kier molecular flexibility index (Phi) is 4.74. The summed E-state index contributed by atoms with van der Waals surface area (Å²) < 4.78 is 0. The van der Waals surface area contributed by atoms with Gasteiger partial charge in [0.25, 0.3) is 0 Å². The van der Waals surface area contributed by atoms with Gasteiger partial charge in [-0.05, 0) is 27.2 Å². The molecule has 0 radical (unpaired) electrons. The fourth-order valence-corrected chi connectivity index (χ4v) is 1.32. The molecule has 0 aliphatic carbocycles. The Morgan fingerprint density at radius 3 is 2.13 bits per heavy atom. The van der Waals surface area contributed by atoms with E-state index in [2.05, 4.69) is 0 Å². The largest absolute Gasteiger partial charge is 0.480 e. The van der Waals surface area contributed by atoms with Crippen LogP contribution in [0.2, 0.25) is 0 Å². The average molecular weight is 216 g/mol. The highest BCUT2D eigenvalue weighted by Crippen LogP contribution is 2.16. The first kappa shape index (κ1) is 13.9. The summed E-state index contributed by atoms with van der Waals surface area (Å²) in [5.41, 5.74) is 4.40. The minimum atomic E-state index is -1.21. The molecule has 0 spiro atoms. The molecule has 0 saturated carbocycles. The fraction of sp³-hybridized carbons (Fsp3) is 0.800. The molecule has 0 aromatic carbocycles. The predicted molar refractivity (Wildman–Crippen MR) is 57.4 cm³/mol. The second-order valence-corrected chi connectivity index (χ2v) is 3.96. The van der Waals surface area contributed by atoms with Crippen molar-refractivity contribution in [2.75, 3.05) is 6.54 Å². The van der Waals surface area contributed by atoms with Gasteiger partial charge >= 0.3 is 5.97 Å². The zero-order chi connectivity index (χ0) is 12.2. The number of carbonyl (C=O) groups excluding carboxylic acids is 1. The van der Waals surface area contributed by atoms with Crippen molar-refractivity contribution in [3.8, 4) is 0 Å². The van der Waals surface area contributed by atoms with Crippen LogP contribution in [0.3, 0.4) is 0 Å². The van der Waals surface area contributed by atoms with Crippen molar-refractivity contribution in [3.05, 3.63) is 0 Å². The molecule has 5 heteroatoms. The number of hydrogen-bond donors (Lipinski definition) is 2. The zero-order valence-electron chi connectivity index (χ0n) is 9.78. The van der Waals surface area contributed by atoms with Crippen LogP contribution in [0.4, 0.5) is 0 Å². The minimum Gasteiger partial charge on any atom is -0.480 e. The van der Waals surface area contributed by atoms with Crippen LogP contribution in [0, 0.1) is 0 Å². The maximum atomic E-state index is 11.8. The van der Waals surface area contributed by atoms with Crippen LogP contribution in [0.5, 0.6) is 0 Å².